The number of hydrogen-bond donors (Lipinski definition) is 2. The standard InChI is InChI=1S/C2H2O5.Al.Ba.Ca.O.Zn.5H/c3-1(4)7-2(5)6;;;;;;;;;;/h(H,3,4)(H,5,6);;;;;;;;;;/q;;2*+2;;;;4*-1. The van der Waals surface area contributed by atoms with Crippen molar-refractivity contribution in [1.82, 2.24) is 0 Å². The van der Waals surface area contributed by atoms with Crippen LogP contribution in [0.1, 0.15) is 5.71 Å². The summed E-state index contributed by atoms with van der Waals surface area (Å²) < 4.78 is 11.4. The van der Waals surface area contributed by atoms with Gasteiger partial charge in [0.2, 0.25) is 0 Å². The maximum Gasteiger partial charge on any atom is 0 e. The molecular formula is C2H7AlBaCaO6Zn. The Balaban J connectivity index is -0.00000000738. The number of hydrogen-bond acceptors (Lipinski definition) is 4. The largest absolute Gasteiger partial charge is 0 e. The van der Waals surface area contributed by atoms with Crippen molar-refractivity contribution in [3.8, 4) is 0 Å². The maximum absolute atomic E-state index is 9.21. The Bertz CT molecular complexity index is 125. The number of rotatable bonds is 0. The van der Waals surface area contributed by atoms with Gasteiger partial charge >= 0.3 is 119 Å². The van der Waals surface area contributed by atoms with Crippen molar-refractivity contribution < 1.29 is 53.5 Å². The van der Waals surface area contributed by atoms with Crippen LogP contribution in [0, 0.1) is 0 Å². The molecule has 0 radical (unpaired) electrons. The van der Waals surface area contributed by atoms with Gasteiger partial charge in [-0.15, -0.1) is 0 Å². The van der Waals surface area contributed by atoms with Gasteiger partial charge in [-0.3, -0.25) is 0 Å². The van der Waals surface area contributed by atoms with Crippen molar-refractivity contribution in [3.05, 3.63) is 0 Å². The molecule has 0 rings (SSSR count). The van der Waals surface area contributed by atoms with E-state index in [1.165, 1.54) is 0 Å². The summed E-state index contributed by atoms with van der Waals surface area (Å²) >= 11 is 0.611. The van der Waals surface area contributed by atoms with Crippen LogP contribution >= 0.6 is 0 Å². The van der Waals surface area contributed by atoms with Crippen LogP contribution in [0.15, 0.2) is 0 Å². The van der Waals surface area contributed by atoms with E-state index < -0.39 is 12.3 Å². The van der Waals surface area contributed by atoms with Crippen LogP contribution in [0.25, 0.3) is 0 Å². The molecule has 0 unspecified atom stereocenters. The summed E-state index contributed by atoms with van der Waals surface area (Å²) in [7, 11) is 0. The van der Waals surface area contributed by atoms with E-state index in [4.69, 9.17) is 14.0 Å². The summed E-state index contributed by atoms with van der Waals surface area (Å²) in [5.41, 5.74) is 0. The molecule has 60 valence electrons. The normalized spacial score (nSPS) is 4.58. The van der Waals surface area contributed by atoms with Gasteiger partial charge in [-0.05, 0) is 0 Å². The van der Waals surface area contributed by atoms with Crippen LogP contribution < -0.4 is 0 Å². The third-order valence-electron chi connectivity index (χ3n) is 0.175. The quantitative estimate of drug-likeness (QED) is 0.318. The average molecular weight is 397 g/mol. The van der Waals surface area contributed by atoms with E-state index in [2.05, 4.69) is 4.74 Å². The van der Waals surface area contributed by atoms with Gasteiger partial charge in [-0.2, -0.15) is 0 Å². The second kappa shape index (κ2) is 23.4. The minimum Gasteiger partial charge on any atom is 0 e. The van der Waals surface area contributed by atoms with Crippen LogP contribution in [0.2, 0.25) is 0 Å². The molecule has 0 aliphatic rings. The maximum atomic E-state index is 9.21. The Labute approximate surface area is 165 Å². The molecule has 12 heavy (non-hydrogen) atoms. The van der Waals surface area contributed by atoms with Crippen LogP contribution in [0.5, 0.6) is 0 Å². The van der Waals surface area contributed by atoms with Gasteiger partial charge in [0, 0.05) is 19.5 Å². The zero-order chi connectivity index (χ0) is 7.86. The molecule has 10 heteroatoms. The third kappa shape index (κ3) is 39.1. The molecule has 0 fully saturated rings. The SMILES string of the molecule is O=C(O)OC(=O)O.[Ba+2].[Ca+2].[H-].[H-].[H-].[H-].[O]=[AlH].[Zn]. The Morgan fingerprint density at radius 3 is 1.33 bits per heavy atom. The number of carboxylic acid groups (broad SMARTS) is 2. The molecule has 0 bridgehead atoms. The zero-order valence-electron chi connectivity index (χ0n) is 10.4. The predicted molar refractivity (Wildman–Crippen MR) is 40.9 cm³/mol. The topological polar surface area (TPSA) is 101 Å². The first-order chi connectivity index (χ1) is 4.13. The fourth-order valence-electron chi connectivity index (χ4n) is 0.0747. The molecule has 0 amide bonds. The van der Waals surface area contributed by atoms with Gasteiger partial charge in [0.05, 0.1) is 0 Å². The first-order valence-electron chi connectivity index (χ1n) is 1.55. The third-order valence-corrected chi connectivity index (χ3v) is 0.175. The molecule has 0 spiro atoms. The minimum atomic E-state index is -1.81. The molecule has 0 aliphatic carbocycles. The Morgan fingerprint density at radius 2 is 1.33 bits per heavy atom. The summed E-state index contributed by atoms with van der Waals surface area (Å²) in [5, 5.41) is 15.0. The number of ether oxygens (including phenoxy) is 1. The molecule has 0 aromatic rings. The molecule has 0 heterocycles. The second-order valence-electron chi connectivity index (χ2n) is 0.634. The second-order valence-corrected chi connectivity index (χ2v) is 0.634. The van der Waals surface area contributed by atoms with Crippen molar-refractivity contribution >= 4 is 115 Å². The fraction of sp³-hybridized carbons (Fsp3) is 0. The van der Waals surface area contributed by atoms with Gasteiger partial charge in [0.25, 0.3) is 0 Å². The molecule has 0 aliphatic heterocycles. The summed E-state index contributed by atoms with van der Waals surface area (Å²) in [6.07, 6.45) is -3.62. The van der Waals surface area contributed by atoms with Crippen molar-refractivity contribution in [2.24, 2.45) is 0 Å². The van der Waals surface area contributed by atoms with E-state index in [9.17, 15) is 9.59 Å². The van der Waals surface area contributed by atoms with Crippen LogP contribution in [-0.2, 0) is 28.0 Å². The summed E-state index contributed by atoms with van der Waals surface area (Å²) in [5.74, 6) is 0. The fourth-order valence-corrected chi connectivity index (χ4v) is 0.0747. The summed E-state index contributed by atoms with van der Waals surface area (Å²) in [4.78, 5) is 18.4. The Hall–Kier alpha value is 2.53. The van der Waals surface area contributed by atoms with E-state index >= 15 is 0 Å². The van der Waals surface area contributed by atoms with Crippen molar-refractivity contribution in [3.63, 3.8) is 0 Å². The van der Waals surface area contributed by atoms with Gasteiger partial charge in [-0.25, -0.2) is 9.59 Å². The average Bonchev–Trinajstić information content (AvgIpc) is 1.68. The van der Waals surface area contributed by atoms with Crippen molar-refractivity contribution in [2.75, 3.05) is 0 Å². The first kappa shape index (κ1) is 29.3. The van der Waals surface area contributed by atoms with Crippen molar-refractivity contribution in [2.45, 2.75) is 0 Å². The summed E-state index contributed by atoms with van der Waals surface area (Å²) in [6.45, 7) is 0. The Kier molecular flexibility index (Phi) is 57.1. The van der Waals surface area contributed by atoms with E-state index in [-0.39, 0.29) is 112 Å². The number of carbonyl (C=O) groups is 2. The van der Waals surface area contributed by atoms with Crippen LogP contribution in [-0.4, -0.2) is 125 Å². The minimum absolute atomic E-state index is 0. The Morgan fingerprint density at radius 1 is 1.17 bits per heavy atom. The van der Waals surface area contributed by atoms with E-state index in [0.717, 1.165) is 0 Å². The van der Waals surface area contributed by atoms with E-state index in [1.807, 2.05) is 0 Å². The smallest absolute Gasteiger partial charge is 0 e. The molecule has 0 aromatic heterocycles. The first-order valence-corrected chi connectivity index (χ1v) is 2.13. The van der Waals surface area contributed by atoms with Crippen LogP contribution in [0.4, 0.5) is 9.59 Å². The molecule has 2 N–H and O–H groups in total. The van der Waals surface area contributed by atoms with E-state index in [0.29, 0.717) is 16.2 Å². The monoisotopic (exact) mass is 396 g/mol. The molecule has 0 saturated carbocycles. The van der Waals surface area contributed by atoms with E-state index in [1.54, 1.807) is 0 Å². The van der Waals surface area contributed by atoms with Gasteiger partial charge in [0.15, 0.2) is 0 Å². The van der Waals surface area contributed by atoms with Crippen molar-refractivity contribution in [1.29, 1.82) is 0 Å². The molecule has 0 aromatic carbocycles. The van der Waals surface area contributed by atoms with Gasteiger partial charge < -0.3 is 20.7 Å². The molecular weight excluding hydrogens is 390 g/mol. The van der Waals surface area contributed by atoms with Gasteiger partial charge in [-0.1, -0.05) is 0 Å². The molecule has 0 saturated heterocycles. The molecule has 0 atom stereocenters. The zero-order valence-corrected chi connectivity index (χ0v) is 17.4. The van der Waals surface area contributed by atoms with Gasteiger partial charge in [0.1, 0.15) is 0 Å². The summed E-state index contributed by atoms with van der Waals surface area (Å²) in [6, 6.07) is 0. The predicted octanol–water partition coefficient (Wildman–Crippen LogP) is -0.722. The van der Waals surface area contributed by atoms with Crippen LogP contribution in [0.3, 0.4) is 0 Å². The molecule has 6 nitrogen and oxygen atoms in total.